The van der Waals surface area contributed by atoms with Gasteiger partial charge in [-0.2, -0.15) is 62.1 Å². The second-order valence-electron chi connectivity index (χ2n) is 7.45. The summed E-state index contributed by atoms with van der Waals surface area (Å²) in [5.74, 6) is -29.4. The third-order valence-corrected chi connectivity index (χ3v) is 4.99. The molecule has 0 rings (SSSR count). The number of nitrogens with zero attached hydrogens (tertiary/aromatic N) is 3. The molecule has 0 saturated heterocycles. The Morgan fingerprint density at radius 1 is 0.688 bits per heavy atom. The molecule has 0 aromatic carbocycles. The number of rotatable bonds is 9. The van der Waals surface area contributed by atoms with E-state index < -0.39 is 63.5 Å². The highest BCUT2D eigenvalue weighted by Gasteiger charge is 2.86. The van der Waals surface area contributed by atoms with E-state index in [0.717, 1.165) is 26.0 Å². The Bertz CT molecular complexity index is 659. The van der Waals surface area contributed by atoms with Crippen LogP contribution in [0.1, 0.15) is 12.8 Å². The van der Waals surface area contributed by atoms with E-state index in [1.807, 2.05) is 0 Å². The zero-order chi connectivity index (χ0) is 26.1. The fourth-order valence-corrected chi connectivity index (χ4v) is 3.43. The highest BCUT2D eigenvalue weighted by molar-refractivity contribution is 6.56. The normalized spacial score (nSPS) is 15.4. The maximum atomic E-state index is 14.1. The maximum Gasteiger partial charge on any atom is 0.414 e. The quantitative estimate of drug-likeness (QED) is 0.130. The summed E-state index contributed by atoms with van der Waals surface area (Å²) in [6.45, 7) is 3.30. The smallest absolute Gasteiger partial charge is 0.349 e. The van der Waals surface area contributed by atoms with Crippen molar-refractivity contribution in [1.29, 1.82) is 0 Å². The average molecular weight is 518 g/mol. The van der Waals surface area contributed by atoms with E-state index in [0.29, 0.717) is 4.90 Å². The minimum atomic E-state index is -7.48. The molecule has 0 spiro atoms. The van der Waals surface area contributed by atoms with Crippen molar-refractivity contribution in [2.45, 2.75) is 61.8 Å². The number of guanidine groups is 1. The minimum absolute atomic E-state index is 0.0363. The van der Waals surface area contributed by atoms with Gasteiger partial charge in [0.05, 0.1) is 8.80 Å². The van der Waals surface area contributed by atoms with Crippen LogP contribution in [0, 0.1) is 0 Å². The Labute approximate surface area is 176 Å². The highest BCUT2D eigenvalue weighted by Crippen LogP contribution is 2.58. The molecule has 0 aromatic rings. The van der Waals surface area contributed by atoms with Gasteiger partial charge in [-0.3, -0.25) is 0 Å². The van der Waals surface area contributed by atoms with Crippen LogP contribution in [0.2, 0.25) is 13.1 Å². The first kappa shape index (κ1) is 30.6. The third kappa shape index (κ3) is 6.33. The zero-order valence-corrected chi connectivity index (χ0v) is 18.4. The molecule has 0 fully saturated rings. The summed E-state index contributed by atoms with van der Waals surface area (Å²) in [5, 5.41) is 0. The Morgan fingerprint density at radius 3 is 1.47 bits per heavy atom. The summed E-state index contributed by atoms with van der Waals surface area (Å²) in [5.41, 5.74) is 0. The summed E-state index contributed by atoms with van der Waals surface area (Å²) < 4.78 is 174. The molecule has 0 unspecified atom stereocenters. The minimum Gasteiger partial charge on any atom is -0.349 e. The summed E-state index contributed by atoms with van der Waals surface area (Å²) in [7, 11) is 1.77. The van der Waals surface area contributed by atoms with E-state index in [1.165, 1.54) is 0 Å². The van der Waals surface area contributed by atoms with E-state index in [-0.39, 0.29) is 6.17 Å². The van der Waals surface area contributed by atoms with E-state index in [9.17, 15) is 57.1 Å². The topological polar surface area (TPSA) is 18.8 Å². The van der Waals surface area contributed by atoms with Crippen molar-refractivity contribution < 1.29 is 57.1 Å². The molecule has 191 valence electrons. The van der Waals surface area contributed by atoms with Gasteiger partial charge in [0.1, 0.15) is 0 Å². The maximum absolute atomic E-state index is 14.1. The Morgan fingerprint density at radius 2 is 1.12 bits per heavy atom. The van der Waals surface area contributed by atoms with Crippen molar-refractivity contribution in [3.63, 3.8) is 0 Å². The van der Waals surface area contributed by atoms with Crippen LogP contribution in [0.3, 0.4) is 0 Å². The van der Waals surface area contributed by atoms with Crippen LogP contribution in [0.25, 0.3) is 0 Å². The molecule has 0 N–H and O–H groups in total. The number of hydrogen-bond donors (Lipinski definition) is 0. The summed E-state index contributed by atoms with van der Waals surface area (Å²) in [6, 6.07) is -6.34. The first-order valence-electron chi connectivity index (χ1n) is 8.57. The number of halogens is 13. The van der Waals surface area contributed by atoms with Crippen molar-refractivity contribution in [2.75, 3.05) is 27.3 Å². The van der Waals surface area contributed by atoms with Gasteiger partial charge in [-0.05, 0) is 0 Å². The molecule has 32 heavy (non-hydrogen) atoms. The first-order valence-corrected chi connectivity index (χ1v) is 11.3. The summed E-state index contributed by atoms with van der Waals surface area (Å²) in [4.78, 5) is 3.65. The fourth-order valence-electron chi connectivity index (χ4n) is 2.34. The lowest BCUT2D eigenvalue weighted by molar-refractivity contribution is -0.401. The van der Waals surface area contributed by atoms with Gasteiger partial charge in [0.2, 0.25) is 5.96 Å². The van der Waals surface area contributed by atoms with Gasteiger partial charge in [0.15, 0.2) is 0 Å². The molecule has 0 amide bonds. The Balaban J connectivity index is 6.34. The molecule has 0 aromatic heterocycles. The van der Waals surface area contributed by atoms with Crippen molar-refractivity contribution in [3.8, 4) is 0 Å². The van der Waals surface area contributed by atoms with E-state index in [1.54, 1.807) is 13.1 Å². The van der Waals surface area contributed by atoms with Crippen LogP contribution in [-0.4, -0.2) is 87.8 Å². The second kappa shape index (κ2) is 9.44. The molecule has 0 aliphatic carbocycles. The molecule has 0 heterocycles. The van der Waals surface area contributed by atoms with Crippen LogP contribution >= 0.6 is 0 Å². The monoisotopic (exact) mass is 518 g/mol. The summed E-state index contributed by atoms with van der Waals surface area (Å²) in [6.07, 6.45) is -11.4. The van der Waals surface area contributed by atoms with Crippen LogP contribution < -0.4 is 0 Å². The number of hydrogen-bond acceptors (Lipinski definition) is 1. The Hall–Kier alpha value is -1.42. The van der Waals surface area contributed by atoms with Crippen molar-refractivity contribution in [3.05, 3.63) is 0 Å². The Kier molecular flexibility index (Phi) is 9.02. The van der Waals surface area contributed by atoms with Crippen LogP contribution in [0.4, 0.5) is 57.1 Å². The molecule has 17 heteroatoms. The van der Waals surface area contributed by atoms with Crippen LogP contribution in [0.15, 0.2) is 4.99 Å². The molecular weight excluding hydrogens is 497 g/mol. The lowest BCUT2D eigenvalue weighted by atomic mass is 9.94. The molecule has 0 aliphatic heterocycles. The molecular formula is C15H21F13N3Si. The van der Waals surface area contributed by atoms with Crippen LogP contribution in [-0.2, 0) is 0 Å². The van der Waals surface area contributed by atoms with E-state index in [4.69, 9.17) is 0 Å². The van der Waals surface area contributed by atoms with Crippen molar-refractivity contribution >= 4 is 14.8 Å². The van der Waals surface area contributed by atoms with Gasteiger partial charge < -0.3 is 9.80 Å². The molecule has 0 saturated carbocycles. The van der Waals surface area contributed by atoms with Gasteiger partial charge in [0, 0.05) is 40.2 Å². The zero-order valence-electron chi connectivity index (χ0n) is 17.4. The van der Waals surface area contributed by atoms with E-state index in [2.05, 4.69) is 4.99 Å². The number of alkyl halides is 13. The summed E-state index contributed by atoms with van der Waals surface area (Å²) >= 11 is 0. The van der Waals surface area contributed by atoms with E-state index >= 15 is 0 Å². The largest absolute Gasteiger partial charge is 0.414 e. The van der Waals surface area contributed by atoms with Gasteiger partial charge in [-0.15, -0.1) is 0 Å². The van der Waals surface area contributed by atoms with Gasteiger partial charge in [-0.25, -0.2) is 0 Å². The molecule has 0 atom stereocenters. The second-order valence-corrected chi connectivity index (χ2v) is 10.2. The highest BCUT2D eigenvalue weighted by atomic mass is 28.3. The van der Waals surface area contributed by atoms with Gasteiger partial charge in [0.25, 0.3) is 0 Å². The standard InChI is InChI=1S/C15H21F13N3Si/c1-30(2)9(31(3)8-32(4)5)29-15(27,28)14(25,26)13(23,24)12(21,22)10(16,17)6-7-11(18,19)20/h6-8H2,1-5H3. The SMILES string of the molecule is CN(C)C(=NC(F)(F)C(F)(F)C(F)(F)C(F)(F)C(F)(F)CCC(F)(F)F)N(C)C[Si](C)C. The average Bonchev–Trinajstić information content (AvgIpc) is 2.55. The fraction of sp³-hybridized carbons (Fsp3) is 0.933. The molecule has 0 bridgehead atoms. The third-order valence-electron chi connectivity index (χ3n) is 3.88. The molecule has 0 aliphatic rings. The van der Waals surface area contributed by atoms with Crippen molar-refractivity contribution in [2.24, 2.45) is 4.99 Å². The van der Waals surface area contributed by atoms with Gasteiger partial charge in [-0.1, -0.05) is 13.1 Å². The molecule has 1 radical (unpaired) electrons. The van der Waals surface area contributed by atoms with Crippen molar-refractivity contribution in [1.82, 2.24) is 9.80 Å². The molecule has 3 nitrogen and oxygen atoms in total. The number of aliphatic imine (C=N–C) groups is 1. The van der Waals surface area contributed by atoms with Crippen LogP contribution in [0.5, 0.6) is 0 Å². The van der Waals surface area contributed by atoms with Gasteiger partial charge >= 0.3 is 35.9 Å². The predicted octanol–water partition coefficient (Wildman–Crippen LogP) is 5.61. The lowest BCUT2D eigenvalue weighted by Gasteiger charge is -2.39. The first-order chi connectivity index (χ1) is 13.8. The lowest BCUT2D eigenvalue weighted by Crippen LogP contribution is -2.67. The predicted molar refractivity (Wildman–Crippen MR) is 91.3 cm³/mol.